The quantitative estimate of drug-likeness (QED) is 0.863. The van der Waals surface area contributed by atoms with Crippen molar-refractivity contribution in [1.29, 1.82) is 5.26 Å². The third kappa shape index (κ3) is 3.39. The maximum absolute atomic E-state index is 9.06. The van der Waals surface area contributed by atoms with Gasteiger partial charge in [-0.2, -0.15) is 5.26 Å². The van der Waals surface area contributed by atoms with E-state index in [-0.39, 0.29) is 6.10 Å². The Morgan fingerprint density at radius 3 is 2.90 bits per heavy atom. The number of rotatable bonds is 4. The number of pyridine rings is 1. The molecule has 1 aromatic carbocycles. The molecular weight excluding hydrogens is 262 g/mol. The number of benzene rings is 1. The molecule has 0 radical (unpaired) electrons. The molecule has 1 aromatic heterocycles. The van der Waals surface area contributed by atoms with E-state index in [4.69, 9.17) is 10.00 Å². The van der Waals surface area contributed by atoms with Crippen molar-refractivity contribution < 1.29 is 4.74 Å². The first-order valence-corrected chi connectivity index (χ1v) is 7.13. The second kappa shape index (κ2) is 6.38. The lowest BCUT2D eigenvalue weighted by Crippen LogP contribution is -2.25. The van der Waals surface area contributed by atoms with Gasteiger partial charge in [0.2, 0.25) is 5.88 Å². The van der Waals surface area contributed by atoms with Crippen LogP contribution in [0.1, 0.15) is 17.5 Å². The van der Waals surface area contributed by atoms with Gasteiger partial charge in [-0.15, -0.1) is 0 Å². The summed E-state index contributed by atoms with van der Waals surface area (Å²) in [6.07, 6.45) is 2.73. The Kier molecular flexibility index (Phi) is 4.13. The van der Waals surface area contributed by atoms with Gasteiger partial charge < -0.3 is 4.74 Å². The third-order valence-corrected chi connectivity index (χ3v) is 3.65. The Bertz CT molecular complexity index is 636. The lowest BCUT2D eigenvalue weighted by atomic mass is 10.2. The smallest absolute Gasteiger partial charge is 0.231 e. The molecule has 1 fully saturated rings. The van der Waals surface area contributed by atoms with Gasteiger partial charge in [0.1, 0.15) is 17.7 Å². The summed E-state index contributed by atoms with van der Waals surface area (Å²) in [7, 11) is 0. The Morgan fingerprint density at radius 1 is 1.24 bits per heavy atom. The molecule has 4 nitrogen and oxygen atoms in total. The van der Waals surface area contributed by atoms with Crippen LogP contribution in [-0.2, 0) is 6.54 Å². The molecule has 1 atom stereocenters. The first-order chi connectivity index (χ1) is 10.3. The number of nitriles is 1. The van der Waals surface area contributed by atoms with Crippen LogP contribution in [0.3, 0.4) is 0 Å². The molecule has 1 unspecified atom stereocenters. The Hall–Kier alpha value is -2.38. The number of nitrogens with zero attached hydrogens (tertiary/aromatic N) is 3. The molecule has 1 aliphatic heterocycles. The molecule has 0 saturated carbocycles. The standard InChI is InChI=1S/C17H17N3O/c18-11-15-7-4-9-19-17(15)21-16-8-10-20(13-16)12-14-5-2-1-3-6-14/h1-7,9,16H,8,10,12-13H2. The minimum absolute atomic E-state index is 0.107. The highest BCUT2D eigenvalue weighted by atomic mass is 16.5. The predicted octanol–water partition coefficient (Wildman–Crippen LogP) is 2.61. The summed E-state index contributed by atoms with van der Waals surface area (Å²) < 4.78 is 5.89. The topological polar surface area (TPSA) is 49.1 Å². The van der Waals surface area contributed by atoms with E-state index < -0.39 is 0 Å². The second-order valence-electron chi connectivity index (χ2n) is 5.22. The average Bonchev–Trinajstić information content (AvgIpc) is 2.96. The molecule has 0 spiro atoms. The van der Waals surface area contributed by atoms with Crippen LogP contribution in [0.15, 0.2) is 48.7 Å². The minimum atomic E-state index is 0.107. The van der Waals surface area contributed by atoms with Gasteiger partial charge in [-0.25, -0.2) is 4.98 Å². The summed E-state index contributed by atoms with van der Waals surface area (Å²) >= 11 is 0. The van der Waals surface area contributed by atoms with Gasteiger partial charge in [-0.3, -0.25) is 4.90 Å². The molecule has 106 valence electrons. The van der Waals surface area contributed by atoms with E-state index in [0.717, 1.165) is 26.1 Å². The van der Waals surface area contributed by atoms with E-state index >= 15 is 0 Å². The van der Waals surface area contributed by atoms with E-state index in [1.165, 1.54) is 5.56 Å². The van der Waals surface area contributed by atoms with Gasteiger partial charge in [0.05, 0.1) is 0 Å². The van der Waals surface area contributed by atoms with Crippen molar-refractivity contribution in [2.45, 2.75) is 19.1 Å². The summed E-state index contributed by atoms with van der Waals surface area (Å²) in [5.41, 5.74) is 1.81. The molecule has 1 aliphatic rings. The van der Waals surface area contributed by atoms with E-state index in [0.29, 0.717) is 11.4 Å². The van der Waals surface area contributed by atoms with Crippen molar-refractivity contribution in [3.05, 3.63) is 59.8 Å². The van der Waals surface area contributed by atoms with Crippen LogP contribution in [-0.4, -0.2) is 29.1 Å². The summed E-state index contributed by atoms with van der Waals surface area (Å²) in [5, 5.41) is 9.06. The first-order valence-electron chi connectivity index (χ1n) is 7.13. The fourth-order valence-corrected chi connectivity index (χ4v) is 2.61. The van der Waals surface area contributed by atoms with E-state index in [1.807, 2.05) is 6.07 Å². The summed E-state index contributed by atoms with van der Waals surface area (Å²) in [4.78, 5) is 6.53. The molecule has 0 N–H and O–H groups in total. The molecular formula is C17H17N3O. The Labute approximate surface area is 124 Å². The van der Waals surface area contributed by atoms with Crippen molar-refractivity contribution in [1.82, 2.24) is 9.88 Å². The van der Waals surface area contributed by atoms with Crippen molar-refractivity contribution >= 4 is 0 Å². The van der Waals surface area contributed by atoms with Gasteiger partial charge in [-0.05, 0) is 24.1 Å². The van der Waals surface area contributed by atoms with Gasteiger partial charge in [0, 0.05) is 25.8 Å². The first kappa shape index (κ1) is 13.6. The third-order valence-electron chi connectivity index (χ3n) is 3.65. The largest absolute Gasteiger partial charge is 0.472 e. The lowest BCUT2D eigenvalue weighted by molar-refractivity contribution is 0.190. The number of likely N-dealkylation sites (tertiary alicyclic amines) is 1. The SMILES string of the molecule is N#Cc1cccnc1OC1CCN(Cc2ccccc2)C1. The molecule has 2 aromatic rings. The van der Waals surface area contributed by atoms with Crippen molar-refractivity contribution in [3.63, 3.8) is 0 Å². The van der Waals surface area contributed by atoms with Crippen LogP contribution >= 0.6 is 0 Å². The van der Waals surface area contributed by atoms with Crippen LogP contribution in [0.4, 0.5) is 0 Å². The molecule has 1 saturated heterocycles. The maximum Gasteiger partial charge on any atom is 0.231 e. The van der Waals surface area contributed by atoms with Gasteiger partial charge in [-0.1, -0.05) is 30.3 Å². The van der Waals surface area contributed by atoms with Crippen LogP contribution in [0.2, 0.25) is 0 Å². The van der Waals surface area contributed by atoms with Crippen molar-refractivity contribution in [3.8, 4) is 11.9 Å². The number of ether oxygens (including phenoxy) is 1. The minimum Gasteiger partial charge on any atom is -0.472 e. The number of hydrogen-bond acceptors (Lipinski definition) is 4. The molecule has 4 heteroatoms. The van der Waals surface area contributed by atoms with Crippen molar-refractivity contribution in [2.75, 3.05) is 13.1 Å². The average molecular weight is 279 g/mol. The highest BCUT2D eigenvalue weighted by Crippen LogP contribution is 2.20. The summed E-state index contributed by atoms with van der Waals surface area (Å²) in [6.45, 7) is 2.82. The Morgan fingerprint density at radius 2 is 2.10 bits per heavy atom. The van der Waals surface area contributed by atoms with Crippen molar-refractivity contribution in [2.24, 2.45) is 0 Å². The van der Waals surface area contributed by atoms with E-state index in [9.17, 15) is 0 Å². The monoisotopic (exact) mass is 279 g/mol. The molecule has 21 heavy (non-hydrogen) atoms. The Balaban J connectivity index is 1.59. The van der Waals surface area contributed by atoms with Gasteiger partial charge in [0.25, 0.3) is 0 Å². The van der Waals surface area contributed by atoms with Gasteiger partial charge in [0.15, 0.2) is 0 Å². The fraction of sp³-hybridized carbons (Fsp3) is 0.294. The second-order valence-corrected chi connectivity index (χ2v) is 5.22. The van der Waals surface area contributed by atoms with Crippen LogP contribution in [0, 0.1) is 11.3 Å². The fourth-order valence-electron chi connectivity index (χ4n) is 2.61. The zero-order chi connectivity index (χ0) is 14.5. The molecule has 0 bridgehead atoms. The summed E-state index contributed by atoms with van der Waals surface area (Å²) in [5.74, 6) is 0.451. The predicted molar refractivity (Wildman–Crippen MR) is 79.7 cm³/mol. The number of aromatic nitrogens is 1. The zero-order valence-electron chi connectivity index (χ0n) is 11.8. The van der Waals surface area contributed by atoms with Crippen LogP contribution < -0.4 is 4.74 Å². The zero-order valence-corrected chi connectivity index (χ0v) is 11.8. The molecule has 2 heterocycles. The van der Waals surface area contributed by atoms with E-state index in [1.54, 1.807) is 18.3 Å². The van der Waals surface area contributed by atoms with Crippen LogP contribution in [0.5, 0.6) is 5.88 Å². The van der Waals surface area contributed by atoms with Gasteiger partial charge >= 0.3 is 0 Å². The normalized spacial score (nSPS) is 18.3. The van der Waals surface area contributed by atoms with Crippen LogP contribution in [0.25, 0.3) is 0 Å². The number of hydrogen-bond donors (Lipinski definition) is 0. The summed E-state index contributed by atoms with van der Waals surface area (Å²) in [6, 6.07) is 16.0. The highest BCUT2D eigenvalue weighted by Gasteiger charge is 2.25. The molecule has 0 aliphatic carbocycles. The highest BCUT2D eigenvalue weighted by molar-refractivity contribution is 5.37. The maximum atomic E-state index is 9.06. The molecule has 0 amide bonds. The van der Waals surface area contributed by atoms with E-state index in [2.05, 4.69) is 40.2 Å². The lowest BCUT2D eigenvalue weighted by Gasteiger charge is -2.16. The molecule has 3 rings (SSSR count).